The van der Waals surface area contributed by atoms with E-state index >= 15 is 0 Å². The van der Waals surface area contributed by atoms with Crippen molar-refractivity contribution in [3.05, 3.63) is 53.1 Å². The topological polar surface area (TPSA) is 141 Å². The molecule has 2 saturated heterocycles. The summed E-state index contributed by atoms with van der Waals surface area (Å²) in [6.45, 7) is 3.59. The highest BCUT2D eigenvalue weighted by Gasteiger charge is 2.80. The van der Waals surface area contributed by atoms with E-state index in [1.807, 2.05) is 31.2 Å². The molecule has 4 unspecified atom stereocenters. The van der Waals surface area contributed by atoms with E-state index in [-0.39, 0.29) is 11.3 Å². The molecule has 1 N–H and O–H groups in total. The van der Waals surface area contributed by atoms with Crippen LogP contribution in [0.1, 0.15) is 29.7 Å². The lowest BCUT2D eigenvalue weighted by atomic mass is 9.53. The van der Waals surface area contributed by atoms with E-state index in [1.54, 1.807) is 31.2 Å². The smallest absolute Gasteiger partial charge is 0.244 e. The van der Waals surface area contributed by atoms with Gasteiger partial charge in [-0.2, -0.15) is 15.8 Å². The maximum atomic E-state index is 10.5. The molecule has 4 atom stereocenters. The first-order valence-electron chi connectivity index (χ1n) is 10.8. The molecule has 2 bridgehead atoms. The van der Waals surface area contributed by atoms with Gasteiger partial charge in [-0.1, -0.05) is 36.8 Å². The van der Waals surface area contributed by atoms with E-state index < -0.39 is 34.5 Å². The average Bonchev–Trinajstić information content (AvgIpc) is 3.04. The van der Waals surface area contributed by atoms with E-state index in [0.717, 1.165) is 5.56 Å². The van der Waals surface area contributed by atoms with Gasteiger partial charge in [0.25, 0.3) is 0 Å². The number of nitrogens with zero attached hydrogens (tertiary/aromatic N) is 3. The maximum Gasteiger partial charge on any atom is 0.244 e. The summed E-state index contributed by atoms with van der Waals surface area (Å²) in [4.78, 5) is 0. The summed E-state index contributed by atoms with van der Waals surface area (Å²) in [5.41, 5.74) is -2.23. The lowest BCUT2D eigenvalue weighted by molar-refractivity contribution is -0.288. The minimum absolute atomic E-state index is 0.259. The van der Waals surface area contributed by atoms with Crippen LogP contribution in [0.25, 0.3) is 0 Å². The highest BCUT2D eigenvalue weighted by molar-refractivity contribution is 5.89. The predicted molar refractivity (Wildman–Crippen MR) is 122 cm³/mol. The molecule has 2 aliphatic heterocycles. The molecule has 0 spiro atoms. The summed E-state index contributed by atoms with van der Waals surface area (Å²) in [5, 5.41) is 40.1. The number of fused-ring (bicyclic) bond motifs is 2. The van der Waals surface area contributed by atoms with Gasteiger partial charge in [-0.25, -0.2) is 0 Å². The van der Waals surface area contributed by atoms with Crippen molar-refractivity contribution < 1.29 is 23.7 Å². The van der Waals surface area contributed by atoms with E-state index in [4.69, 9.17) is 29.1 Å². The second-order valence-corrected chi connectivity index (χ2v) is 8.58. The van der Waals surface area contributed by atoms with Crippen molar-refractivity contribution in [1.82, 2.24) is 0 Å². The lowest BCUT2D eigenvalue weighted by Crippen LogP contribution is -2.57. The summed E-state index contributed by atoms with van der Waals surface area (Å²) < 4.78 is 29.0. The van der Waals surface area contributed by atoms with Gasteiger partial charge in [-0.3, -0.25) is 5.41 Å². The van der Waals surface area contributed by atoms with Crippen LogP contribution in [0.4, 0.5) is 0 Å². The molecule has 9 nitrogen and oxygen atoms in total. The maximum absolute atomic E-state index is 10.5. The van der Waals surface area contributed by atoms with Gasteiger partial charge < -0.3 is 23.7 Å². The Balaban J connectivity index is 2.08. The van der Waals surface area contributed by atoms with Gasteiger partial charge in [0.2, 0.25) is 17.1 Å². The molecule has 2 aromatic rings. The van der Waals surface area contributed by atoms with E-state index in [9.17, 15) is 15.8 Å². The minimum atomic E-state index is -2.14. The zero-order valence-electron chi connectivity index (χ0n) is 20.0. The first-order chi connectivity index (χ1) is 16.7. The summed E-state index contributed by atoms with van der Waals surface area (Å²) in [6, 6.07) is 16.6. The molecule has 2 aliphatic rings. The Bertz CT molecular complexity index is 1310. The van der Waals surface area contributed by atoms with Gasteiger partial charge in [0.15, 0.2) is 16.9 Å². The van der Waals surface area contributed by atoms with Gasteiger partial charge >= 0.3 is 0 Å². The van der Waals surface area contributed by atoms with Gasteiger partial charge in [-0.05, 0) is 13.0 Å². The average molecular weight is 473 g/mol. The summed E-state index contributed by atoms with van der Waals surface area (Å²) in [6.07, 6.45) is -1.34. The zero-order chi connectivity index (χ0) is 25.6. The summed E-state index contributed by atoms with van der Waals surface area (Å²) >= 11 is 0. The molecular formula is C26H24N4O5. The third kappa shape index (κ3) is 2.84. The molecule has 0 aromatic heterocycles. The van der Waals surface area contributed by atoms with Gasteiger partial charge in [-0.15, -0.1) is 0 Å². The largest absolute Gasteiger partial charge is 0.496 e. The number of nitriles is 3. The predicted octanol–water partition coefficient (Wildman–Crippen LogP) is 4.13. The van der Waals surface area contributed by atoms with E-state index in [0.29, 0.717) is 17.1 Å². The monoisotopic (exact) mass is 472 g/mol. The third-order valence-corrected chi connectivity index (χ3v) is 7.14. The van der Waals surface area contributed by atoms with Crippen LogP contribution >= 0.6 is 0 Å². The number of rotatable bonds is 5. The Morgan fingerprint density at radius 1 is 0.886 bits per heavy atom. The molecule has 0 saturated carbocycles. The molecule has 0 amide bonds. The molecule has 178 valence electrons. The number of benzene rings is 2. The van der Waals surface area contributed by atoms with Crippen LogP contribution in [0.3, 0.4) is 0 Å². The Morgan fingerprint density at radius 2 is 1.46 bits per heavy atom. The van der Waals surface area contributed by atoms with Crippen molar-refractivity contribution in [2.75, 3.05) is 21.3 Å². The number of ether oxygens (including phenoxy) is 5. The van der Waals surface area contributed by atoms with E-state index in [2.05, 4.69) is 6.07 Å². The molecule has 35 heavy (non-hydrogen) atoms. The number of methoxy groups -OCH3 is 3. The first kappa shape index (κ1) is 23.9. The lowest BCUT2D eigenvalue weighted by Gasteiger charge is -2.49. The Kier molecular flexibility index (Phi) is 5.59. The fraction of sp³-hybridized carbons (Fsp3) is 0.385. The SMILES string of the molecule is COc1cc(OC)c(C2OC3(c4ccc(C)cc4)OC(=N)C(C#N)(C3C)C2(C#N)C#N)cc1OC. The highest BCUT2D eigenvalue weighted by Crippen LogP contribution is 2.69. The van der Waals surface area contributed by atoms with Crippen molar-refractivity contribution in [3.8, 4) is 35.5 Å². The number of hydrogen-bond donors (Lipinski definition) is 1. The van der Waals surface area contributed by atoms with Crippen LogP contribution in [0, 0.1) is 63.1 Å². The van der Waals surface area contributed by atoms with Gasteiger partial charge in [0.1, 0.15) is 11.9 Å². The van der Waals surface area contributed by atoms with Crippen LogP contribution in [0.5, 0.6) is 17.2 Å². The molecular weight excluding hydrogens is 448 g/mol. The molecule has 2 fully saturated rings. The van der Waals surface area contributed by atoms with Crippen molar-refractivity contribution >= 4 is 5.90 Å². The summed E-state index contributed by atoms with van der Waals surface area (Å²) in [5.74, 6) is -2.01. The van der Waals surface area contributed by atoms with Crippen molar-refractivity contribution in [1.29, 1.82) is 21.2 Å². The minimum Gasteiger partial charge on any atom is -0.496 e. The molecule has 2 heterocycles. The van der Waals surface area contributed by atoms with Crippen LogP contribution in [-0.2, 0) is 15.3 Å². The van der Waals surface area contributed by atoms with Crippen LogP contribution in [0.15, 0.2) is 36.4 Å². The van der Waals surface area contributed by atoms with Crippen LogP contribution < -0.4 is 14.2 Å². The normalized spacial score (nSPS) is 28.1. The fourth-order valence-corrected chi connectivity index (χ4v) is 5.19. The molecule has 9 heteroatoms. The number of nitrogens with one attached hydrogen (secondary N) is 1. The Hall–Kier alpha value is -4.26. The molecule has 0 aliphatic carbocycles. The highest BCUT2D eigenvalue weighted by atomic mass is 16.7. The first-order valence-corrected chi connectivity index (χ1v) is 10.8. The number of aryl methyl sites for hydroxylation is 1. The molecule has 0 radical (unpaired) electrons. The number of hydrogen-bond acceptors (Lipinski definition) is 9. The Labute approximate surface area is 203 Å². The van der Waals surface area contributed by atoms with Gasteiger partial charge in [0, 0.05) is 17.2 Å². The quantitative estimate of drug-likeness (QED) is 0.684. The second kappa shape index (κ2) is 8.20. The summed E-state index contributed by atoms with van der Waals surface area (Å²) in [7, 11) is 4.35. The van der Waals surface area contributed by atoms with Gasteiger partial charge in [0.05, 0.1) is 45.5 Å². The van der Waals surface area contributed by atoms with Crippen molar-refractivity contribution in [2.45, 2.75) is 25.7 Å². The van der Waals surface area contributed by atoms with Crippen LogP contribution in [-0.4, -0.2) is 27.2 Å². The van der Waals surface area contributed by atoms with Crippen molar-refractivity contribution in [3.63, 3.8) is 0 Å². The molecule has 4 rings (SSSR count). The Morgan fingerprint density at radius 3 is 1.97 bits per heavy atom. The molecule has 2 aromatic carbocycles. The third-order valence-electron chi connectivity index (χ3n) is 7.14. The van der Waals surface area contributed by atoms with Crippen LogP contribution in [0.2, 0.25) is 0 Å². The van der Waals surface area contributed by atoms with Crippen molar-refractivity contribution in [2.24, 2.45) is 16.7 Å². The zero-order valence-corrected chi connectivity index (χ0v) is 20.0. The second-order valence-electron chi connectivity index (χ2n) is 8.58. The van der Waals surface area contributed by atoms with E-state index in [1.165, 1.54) is 21.3 Å². The fourth-order valence-electron chi connectivity index (χ4n) is 5.19. The standard InChI is InChI=1S/C26H24N4O5/c1-15-6-8-17(9-7-15)26-16(2)25(14-29,23(30)35-26)24(12-27,13-28)22(34-26)18-10-20(32-4)21(33-5)11-19(18)31-3/h6-11,16,22,30H,1-5H3.